The lowest BCUT2D eigenvalue weighted by Gasteiger charge is -2.09. The van der Waals surface area contributed by atoms with Crippen LogP contribution in [0.1, 0.15) is 18.7 Å². The molecule has 1 aliphatic rings. The molecule has 1 aliphatic carbocycles. The minimum Gasteiger partial charge on any atom is -0.314 e. The first kappa shape index (κ1) is 11.4. The summed E-state index contributed by atoms with van der Waals surface area (Å²) in [5, 5.41) is 4.14. The lowest BCUT2D eigenvalue weighted by atomic mass is 10.2. The summed E-state index contributed by atoms with van der Waals surface area (Å²) in [6.45, 7) is 0.892. The SMILES string of the molecule is Cn1c(CCNC2CC2)nc2ccccc2c1=O. The van der Waals surface area contributed by atoms with Crippen molar-refractivity contribution >= 4 is 10.9 Å². The molecule has 1 N–H and O–H groups in total. The molecule has 2 aromatic rings. The maximum absolute atomic E-state index is 12.2. The highest BCUT2D eigenvalue weighted by Gasteiger charge is 2.20. The molecule has 0 spiro atoms. The molecule has 0 atom stereocenters. The van der Waals surface area contributed by atoms with Gasteiger partial charge < -0.3 is 5.32 Å². The molecule has 1 aromatic carbocycles. The summed E-state index contributed by atoms with van der Waals surface area (Å²) in [6.07, 6.45) is 3.36. The summed E-state index contributed by atoms with van der Waals surface area (Å²) in [7, 11) is 1.80. The van der Waals surface area contributed by atoms with E-state index in [0.717, 1.165) is 24.3 Å². The maximum Gasteiger partial charge on any atom is 0.261 e. The van der Waals surface area contributed by atoms with E-state index in [0.29, 0.717) is 11.4 Å². The van der Waals surface area contributed by atoms with Gasteiger partial charge in [-0.3, -0.25) is 9.36 Å². The van der Waals surface area contributed by atoms with Crippen molar-refractivity contribution in [2.75, 3.05) is 6.54 Å². The summed E-state index contributed by atoms with van der Waals surface area (Å²) in [5.74, 6) is 0.854. The van der Waals surface area contributed by atoms with Crippen LogP contribution in [-0.2, 0) is 13.5 Å². The first-order chi connectivity index (χ1) is 8.75. The van der Waals surface area contributed by atoms with Crippen LogP contribution in [0.5, 0.6) is 0 Å². The quantitative estimate of drug-likeness (QED) is 0.878. The Kier molecular flexibility index (Phi) is 2.88. The number of aromatic nitrogens is 2. The van der Waals surface area contributed by atoms with Crippen molar-refractivity contribution in [1.82, 2.24) is 14.9 Å². The summed E-state index contributed by atoms with van der Waals surface area (Å²) < 4.78 is 1.66. The van der Waals surface area contributed by atoms with Gasteiger partial charge in [-0.15, -0.1) is 0 Å². The third-order valence-corrected chi connectivity index (χ3v) is 3.43. The van der Waals surface area contributed by atoms with Crippen LogP contribution in [0.15, 0.2) is 29.1 Å². The monoisotopic (exact) mass is 243 g/mol. The van der Waals surface area contributed by atoms with Crippen LogP contribution in [0.2, 0.25) is 0 Å². The maximum atomic E-state index is 12.2. The van der Waals surface area contributed by atoms with Crippen LogP contribution >= 0.6 is 0 Å². The Morgan fingerprint density at radius 3 is 2.94 bits per heavy atom. The molecule has 0 amide bonds. The molecule has 0 radical (unpaired) electrons. The van der Waals surface area contributed by atoms with Gasteiger partial charge in [0.1, 0.15) is 5.82 Å². The first-order valence-corrected chi connectivity index (χ1v) is 6.44. The number of para-hydroxylation sites is 1. The summed E-state index contributed by atoms with van der Waals surface area (Å²) in [5.41, 5.74) is 0.837. The fourth-order valence-corrected chi connectivity index (χ4v) is 2.16. The van der Waals surface area contributed by atoms with Crippen molar-refractivity contribution in [2.45, 2.75) is 25.3 Å². The zero-order chi connectivity index (χ0) is 12.5. The highest BCUT2D eigenvalue weighted by atomic mass is 16.1. The highest BCUT2D eigenvalue weighted by Crippen LogP contribution is 2.18. The van der Waals surface area contributed by atoms with Gasteiger partial charge in [0.05, 0.1) is 10.9 Å². The lowest BCUT2D eigenvalue weighted by Crippen LogP contribution is -2.26. The van der Waals surface area contributed by atoms with Gasteiger partial charge in [0, 0.05) is 26.1 Å². The van der Waals surface area contributed by atoms with E-state index >= 15 is 0 Å². The third kappa shape index (κ3) is 2.16. The van der Waals surface area contributed by atoms with E-state index in [1.54, 1.807) is 11.6 Å². The van der Waals surface area contributed by atoms with Gasteiger partial charge in [0.15, 0.2) is 0 Å². The number of hydrogen-bond donors (Lipinski definition) is 1. The second kappa shape index (κ2) is 4.53. The topological polar surface area (TPSA) is 46.9 Å². The Balaban J connectivity index is 1.90. The molecule has 94 valence electrons. The molecule has 0 bridgehead atoms. The predicted octanol–water partition coefficient (Wildman–Crippen LogP) is 1.23. The molecular weight excluding hydrogens is 226 g/mol. The molecule has 1 aromatic heterocycles. The third-order valence-electron chi connectivity index (χ3n) is 3.43. The Morgan fingerprint density at radius 2 is 2.17 bits per heavy atom. The molecule has 18 heavy (non-hydrogen) atoms. The van der Waals surface area contributed by atoms with Gasteiger partial charge in [-0.25, -0.2) is 4.98 Å². The lowest BCUT2D eigenvalue weighted by molar-refractivity contribution is 0.639. The van der Waals surface area contributed by atoms with E-state index in [1.165, 1.54) is 12.8 Å². The largest absolute Gasteiger partial charge is 0.314 e. The normalized spacial score (nSPS) is 15.2. The summed E-state index contributed by atoms with van der Waals surface area (Å²) in [6, 6.07) is 8.22. The van der Waals surface area contributed by atoms with Crippen LogP contribution in [0, 0.1) is 0 Å². The van der Waals surface area contributed by atoms with E-state index in [2.05, 4.69) is 10.3 Å². The van der Waals surface area contributed by atoms with E-state index in [4.69, 9.17) is 0 Å². The van der Waals surface area contributed by atoms with Crippen molar-refractivity contribution in [1.29, 1.82) is 0 Å². The van der Waals surface area contributed by atoms with Crippen LogP contribution in [0.3, 0.4) is 0 Å². The number of hydrogen-bond acceptors (Lipinski definition) is 3. The van der Waals surface area contributed by atoms with Crippen LogP contribution in [-0.4, -0.2) is 22.1 Å². The van der Waals surface area contributed by atoms with Gasteiger partial charge in [0.2, 0.25) is 0 Å². The average molecular weight is 243 g/mol. The van der Waals surface area contributed by atoms with E-state index in [1.807, 2.05) is 24.3 Å². The molecule has 1 heterocycles. The fourth-order valence-electron chi connectivity index (χ4n) is 2.16. The second-order valence-corrected chi connectivity index (χ2v) is 4.89. The number of rotatable bonds is 4. The number of nitrogens with one attached hydrogen (secondary N) is 1. The minimum absolute atomic E-state index is 0.0435. The highest BCUT2D eigenvalue weighted by molar-refractivity contribution is 5.77. The minimum atomic E-state index is 0.0435. The Bertz CT molecular complexity index is 628. The number of benzene rings is 1. The average Bonchev–Trinajstić information content (AvgIpc) is 3.19. The molecule has 1 saturated carbocycles. The Labute approximate surface area is 106 Å². The summed E-state index contributed by atoms with van der Waals surface area (Å²) in [4.78, 5) is 16.7. The Morgan fingerprint density at radius 1 is 1.39 bits per heavy atom. The van der Waals surface area contributed by atoms with E-state index in [9.17, 15) is 4.79 Å². The molecule has 1 fully saturated rings. The van der Waals surface area contributed by atoms with Crippen molar-refractivity contribution < 1.29 is 0 Å². The van der Waals surface area contributed by atoms with Gasteiger partial charge >= 0.3 is 0 Å². The van der Waals surface area contributed by atoms with Crippen molar-refractivity contribution in [3.8, 4) is 0 Å². The number of fused-ring (bicyclic) bond motifs is 1. The molecule has 4 heteroatoms. The standard InChI is InChI=1S/C14H17N3O/c1-17-13(8-9-15-10-6-7-10)16-12-5-3-2-4-11(12)14(17)18/h2-5,10,15H,6-9H2,1H3. The predicted molar refractivity (Wildman–Crippen MR) is 71.7 cm³/mol. The molecule has 0 aliphatic heterocycles. The smallest absolute Gasteiger partial charge is 0.261 e. The van der Waals surface area contributed by atoms with E-state index in [-0.39, 0.29) is 5.56 Å². The fraction of sp³-hybridized carbons (Fsp3) is 0.429. The molecule has 0 unspecified atom stereocenters. The van der Waals surface area contributed by atoms with Crippen molar-refractivity contribution in [2.24, 2.45) is 7.05 Å². The molecular formula is C14H17N3O. The summed E-state index contributed by atoms with van der Waals surface area (Å²) >= 11 is 0. The van der Waals surface area contributed by atoms with Gasteiger partial charge in [-0.1, -0.05) is 12.1 Å². The zero-order valence-corrected chi connectivity index (χ0v) is 10.5. The van der Waals surface area contributed by atoms with Crippen LogP contribution in [0.4, 0.5) is 0 Å². The van der Waals surface area contributed by atoms with Crippen LogP contribution in [0.25, 0.3) is 10.9 Å². The molecule has 0 saturated heterocycles. The van der Waals surface area contributed by atoms with Gasteiger partial charge in [-0.05, 0) is 25.0 Å². The van der Waals surface area contributed by atoms with E-state index < -0.39 is 0 Å². The second-order valence-electron chi connectivity index (χ2n) is 4.89. The van der Waals surface area contributed by atoms with Gasteiger partial charge in [0.25, 0.3) is 5.56 Å². The molecule has 4 nitrogen and oxygen atoms in total. The van der Waals surface area contributed by atoms with Gasteiger partial charge in [-0.2, -0.15) is 0 Å². The Hall–Kier alpha value is -1.68. The first-order valence-electron chi connectivity index (χ1n) is 6.44. The number of nitrogens with zero attached hydrogens (tertiary/aromatic N) is 2. The zero-order valence-electron chi connectivity index (χ0n) is 10.5. The van der Waals surface area contributed by atoms with Crippen molar-refractivity contribution in [3.05, 3.63) is 40.4 Å². The molecule has 3 rings (SSSR count). The van der Waals surface area contributed by atoms with Crippen LogP contribution < -0.4 is 10.9 Å². The van der Waals surface area contributed by atoms with Crippen molar-refractivity contribution in [3.63, 3.8) is 0 Å².